The quantitative estimate of drug-likeness (QED) is 0.369. The number of nitrogens with zero attached hydrogens (tertiary/aromatic N) is 2. The minimum atomic E-state index is -4.93. The Balaban J connectivity index is 1.83. The zero-order chi connectivity index (χ0) is 24.6. The van der Waals surface area contributed by atoms with E-state index < -0.39 is 70.3 Å². The van der Waals surface area contributed by atoms with Gasteiger partial charge in [0.15, 0.2) is 11.6 Å². The van der Waals surface area contributed by atoms with Crippen molar-refractivity contribution < 1.29 is 40.4 Å². The first-order chi connectivity index (χ1) is 15.3. The molecule has 1 heterocycles. The van der Waals surface area contributed by atoms with Crippen LogP contribution in [-0.4, -0.2) is 29.8 Å². The van der Waals surface area contributed by atoms with Crippen molar-refractivity contribution in [2.24, 2.45) is 0 Å². The highest BCUT2D eigenvalue weighted by atomic mass is 19.4. The van der Waals surface area contributed by atoms with Gasteiger partial charge in [-0.3, -0.25) is 15.4 Å². The minimum Gasteiger partial charge on any atom is -0.489 e. The van der Waals surface area contributed by atoms with E-state index in [1.54, 1.807) is 0 Å². The summed E-state index contributed by atoms with van der Waals surface area (Å²) in [6.07, 6.45) is -10.0. The summed E-state index contributed by atoms with van der Waals surface area (Å²) in [5.74, 6) is -2.94. The Morgan fingerprint density at radius 3 is 2.39 bits per heavy atom. The van der Waals surface area contributed by atoms with Crippen LogP contribution in [0.2, 0.25) is 0 Å². The van der Waals surface area contributed by atoms with Crippen molar-refractivity contribution >= 4 is 5.69 Å². The highest BCUT2D eigenvalue weighted by Gasteiger charge is 2.51. The predicted octanol–water partition coefficient (Wildman–Crippen LogP) is 5.08. The number of nitro groups is 1. The van der Waals surface area contributed by atoms with Gasteiger partial charge in [-0.1, -0.05) is 6.07 Å². The van der Waals surface area contributed by atoms with Crippen LogP contribution in [0.25, 0.3) is 0 Å². The molecule has 33 heavy (non-hydrogen) atoms. The molecular weight excluding hydrogens is 463 g/mol. The lowest BCUT2D eigenvalue weighted by molar-refractivity contribution is -0.385. The number of hydrogen-bond donors (Lipinski definition) is 1. The third kappa shape index (κ3) is 5.33. The molecule has 0 aliphatic carbocycles. The second kappa shape index (κ2) is 8.86. The number of benzene rings is 2. The summed E-state index contributed by atoms with van der Waals surface area (Å²) >= 11 is 0. The van der Waals surface area contributed by atoms with E-state index >= 15 is 0 Å². The average molecular weight is 477 g/mol. The molecule has 176 valence electrons. The molecule has 1 fully saturated rings. The fraction of sp³-hybridized carbons (Fsp3) is 0.350. The third-order valence-electron chi connectivity index (χ3n) is 5.17. The second-order valence-corrected chi connectivity index (χ2v) is 7.32. The van der Waals surface area contributed by atoms with Gasteiger partial charge in [-0.15, -0.1) is 0 Å². The molecule has 3 atom stereocenters. The average Bonchev–Trinajstić information content (AvgIpc) is 3.16. The molecule has 6 nitrogen and oxygen atoms in total. The Bertz CT molecular complexity index is 1100. The van der Waals surface area contributed by atoms with Crippen LogP contribution in [0, 0.1) is 27.3 Å². The van der Waals surface area contributed by atoms with Gasteiger partial charge in [0, 0.05) is 18.0 Å². The molecule has 0 radical (unpaired) electrons. The molecule has 0 amide bonds. The van der Waals surface area contributed by atoms with Crippen LogP contribution in [-0.2, 0) is 6.18 Å². The van der Waals surface area contributed by atoms with Gasteiger partial charge in [0.1, 0.15) is 12.6 Å². The Labute approximate surface area is 181 Å². The monoisotopic (exact) mass is 477 g/mol. The topological polar surface area (TPSA) is 88.2 Å². The summed E-state index contributed by atoms with van der Waals surface area (Å²) in [4.78, 5) is 9.82. The Hall–Kier alpha value is -3.40. The lowest BCUT2D eigenvalue weighted by Crippen LogP contribution is -2.44. The molecule has 1 aliphatic heterocycles. The number of rotatable bonds is 5. The largest absolute Gasteiger partial charge is 0.489 e. The third-order valence-corrected chi connectivity index (χ3v) is 5.17. The molecular formula is C20H14F7N3O3. The number of nitrogens with one attached hydrogen (secondary N) is 1. The van der Waals surface area contributed by atoms with Gasteiger partial charge in [-0.25, -0.2) is 4.39 Å². The molecule has 3 unspecified atom stereocenters. The van der Waals surface area contributed by atoms with E-state index in [4.69, 9.17) is 10.00 Å². The van der Waals surface area contributed by atoms with Crippen molar-refractivity contribution in [1.82, 2.24) is 5.32 Å². The summed E-state index contributed by atoms with van der Waals surface area (Å²) in [6.45, 7) is -0.472. The van der Waals surface area contributed by atoms with Crippen LogP contribution < -0.4 is 10.1 Å². The van der Waals surface area contributed by atoms with Crippen molar-refractivity contribution in [2.45, 2.75) is 36.8 Å². The highest BCUT2D eigenvalue weighted by Crippen LogP contribution is 2.42. The summed E-state index contributed by atoms with van der Waals surface area (Å²) < 4.78 is 99.7. The molecule has 0 aromatic heterocycles. The first kappa shape index (κ1) is 24.2. The van der Waals surface area contributed by atoms with Gasteiger partial charge < -0.3 is 4.74 Å². The van der Waals surface area contributed by atoms with Gasteiger partial charge in [0.25, 0.3) is 5.69 Å². The number of nitriles is 1. The molecule has 1 saturated heterocycles. The van der Waals surface area contributed by atoms with E-state index in [1.807, 2.05) is 0 Å². The van der Waals surface area contributed by atoms with Gasteiger partial charge in [0.05, 0.1) is 28.2 Å². The van der Waals surface area contributed by atoms with E-state index in [1.165, 1.54) is 6.07 Å². The standard InChI is InChI=1S/C20H14F7N3O3/c21-16-7-13(30(31)32)3-4-17(16)33-9-12-6-14(18(29-12)20(25,26)27)10-1-2-11(8-28)15(5-10)19(22,23)24/h1-5,7,12,14,18,29H,6,9H2. The lowest BCUT2D eigenvalue weighted by Gasteiger charge is -2.23. The van der Waals surface area contributed by atoms with Crippen LogP contribution >= 0.6 is 0 Å². The molecule has 0 bridgehead atoms. The van der Waals surface area contributed by atoms with E-state index in [2.05, 4.69) is 5.32 Å². The van der Waals surface area contributed by atoms with E-state index in [9.17, 15) is 40.8 Å². The van der Waals surface area contributed by atoms with Crippen LogP contribution in [0.5, 0.6) is 5.75 Å². The van der Waals surface area contributed by atoms with E-state index in [0.717, 1.165) is 24.3 Å². The zero-order valence-electron chi connectivity index (χ0n) is 16.4. The first-order valence-corrected chi connectivity index (χ1v) is 9.32. The SMILES string of the molecule is N#Cc1ccc(C2CC(COc3ccc([N+](=O)[O-])cc3F)NC2C(F)(F)F)cc1C(F)(F)F. The van der Waals surface area contributed by atoms with Crippen molar-refractivity contribution in [2.75, 3.05) is 6.61 Å². The number of non-ortho nitro benzene ring substituents is 1. The Morgan fingerprint density at radius 2 is 1.85 bits per heavy atom. The summed E-state index contributed by atoms with van der Waals surface area (Å²) in [5, 5.41) is 21.8. The number of halogens is 7. The summed E-state index contributed by atoms with van der Waals surface area (Å²) in [5.41, 5.74) is -2.86. The molecule has 2 aromatic carbocycles. The van der Waals surface area contributed by atoms with Crippen LogP contribution in [0.15, 0.2) is 36.4 Å². The summed E-state index contributed by atoms with van der Waals surface area (Å²) in [6, 6.07) is 3.04. The first-order valence-electron chi connectivity index (χ1n) is 9.32. The van der Waals surface area contributed by atoms with E-state index in [-0.39, 0.29) is 12.0 Å². The van der Waals surface area contributed by atoms with Gasteiger partial charge in [-0.2, -0.15) is 31.6 Å². The molecule has 2 aromatic rings. The Morgan fingerprint density at radius 1 is 1.15 bits per heavy atom. The second-order valence-electron chi connectivity index (χ2n) is 7.32. The molecule has 0 spiro atoms. The smallest absolute Gasteiger partial charge is 0.417 e. The molecule has 0 saturated carbocycles. The number of alkyl halides is 6. The van der Waals surface area contributed by atoms with Crippen LogP contribution in [0.1, 0.15) is 29.0 Å². The molecule has 1 N–H and O–H groups in total. The normalized spacial score (nSPS) is 21.0. The molecule has 1 aliphatic rings. The maximum absolute atomic E-state index is 14.0. The van der Waals surface area contributed by atoms with Crippen molar-refractivity contribution in [3.63, 3.8) is 0 Å². The number of nitro benzene ring substituents is 1. The van der Waals surface area contributed by atoms with Crippen molar-refractivity contribution in [3.8, 4) is 11.8 Å². The van der Waals surface area contributed by atoms with Gasteiger partial charge in [-0.05, 0) is 30.2 Å². The van der Waals surface area contributed by atoms with E-state index in [0.29, 0.717) is 12.1 Å². The van der Waals surface area contributed by atoms with Crippen molar-refractivity contribution in [1.29, 1.82) is 5.26 Å². The Kier molecular flexibility index (Phi) is 6.51. The number of hydrogen-bond acceptors (Lipinski definition) is 5. The van der Waals surface area contributed by atoms with Gasteiger partial charge >= 0.3 is 12.4 Å². The predicted molar refractivity (Wildman–Crippen MR) is 98.8 cm³/mol. The fourth-order valence-electron chi connectivity index (χ4n) is 3.68. The van der Waals surface area contributed by atoms with Gasteiger partial charge in [0.2, 0.25) is 0 Å². The summed E-state index contributed by atoms with van der Waals surface area (Å²) in [7, 11) is 0. The maximum Gasteiger partial charge on any atom is 0.417 e. The fourth-order valence-corrected chi connectivity index (χ4v) is 3.68. The highest BCUT2D eigenvalue weighted by molar-refractivity contribution is 5.44. The van der Waals surface area contributed by atoms with Crippen molar-refractivity contribution in [3.05, 3.63) is 69.0 Å². The molecule has 3 rings (SSSR count). The maximum atomic E-state index is 14.0. The lowest BCUT2D eigenvalue weighted by atomic mass is 9.88. The van der Waals surface area contributed by atoms with Crippen LogP contribution in [0.3, 0.4) is 0 Å². The minimum absolute atomic E-state index is 0.264. The molecule has 13 heteroatoms. The van der Waals surface area contributed by atoms with Crippen LogP contribution in [0.4, 0.5) is 36.4 Å². The number of ether oxygens (including phenoxy) is 1. The zero-order valence-corrected chi connectivity index (χ0v) is 16.4.